The van der Waals surface area contributed by atoms with Gasteiger partial charge in [-0.15, -0.1) is 0 Å². The number of aromatic nitrogens is 2. The number of aliphatic hydroxyl groups is 2. The molecule has 0 aromatic carbocycles. The highest BCUT2D eigenvalue weighted by Crippen LogP contribution is 2.40. The third kappa shape index (κ3) is 10.4. The van der Waals surface area contributed by atoms with Crippen LogP contribution in [0.1, 0.15) is 80.3 Å². The fraction of sp³-hybridized carbons (Fsp3) is 0.689. The normalized spacial score (nSPS) is 38.8. The first kappa shape index (κ1) is 47.5. The number of hydrogen-bond donors (Lipinski definition) is 3. The van der Waals surface area contributed by atoms with E-state index in [9.17, 15) is 24.6 Å². The van der Waals surface area contributed by atoms with Gasteiger partial charge < -0.3 is 53.4 Å². The maximum absolute atomic E-state index is 14.5. The van der Waals surface area contributed by atoms with Gasteiger partial charge in [0, 0.05) is 35.2 Å². The Bertz CT molecular complexity index is 2000. The average molecular weight is 868 g/mol. The highest BCUT2D eigenvalue weighted by molar-refractivity contribution is 6.01. The number of oxime groups is 1. The SMILES string of the molecule is CC[C@H]1OC(=O)[C@H](C)C(=O)[C@H](C)[C@@H](O[C@@H]2O[C@H](C)C[C@H](N(C)C)[C@H]2O)[C@@]2(C)C[C@@H](C)C3=NC(=O)C(COC/C=C/c4ccc5cc[nH]c5n4)O/N=C(/CO[C@H]([C@H]3C)[C@]1(C)O)CO2. The average Bonchev–Trinajstić information content (AvgIpc) is 3.69. The monoisotopic (exact) mass is 867 g/mol. The Morgan fingerprint density at radius 3 is 2.53 bits per heavy atom. The number of cyclic esters (lactones) is 1. The van der Waals surface area contributed by atoms with E-state index in [2.05, 4.69) is 15.1 Å². The molecular weight excluding hydrogens is 803 g/mol. The summed E-state index contributed by atoms with van der Waals surface area (Å²) in [6.45, 7) is 13.3. The highest BCUT2D eigenvalue weighted by atomic mass is 16.7. The number of nitrogens with one attached hydrogen (secondary N) is 1. The van der Waals surface area contributed by atoms with Gasteiger partial charge in [0.1, 0.15) is 35.1 Å². The number of ether oxygens (including phenoxy) is 6. The third-order valence-electron chi connectivity index (χ3n) is 12.9. The summed E-state index contributed by atoms with van der Waals surface area (Å²) < 4.78 is 38.3. The second-order valence-corrected chi connectivity index (χ2v) is 18.0. The molecular formula is C45H65N5O12. The summed E-state index contributed by atoms with van der Waals surface area (Å²) in [6.07, 6.45) is -0.925. The first-order valence-electron chi connectivity index (χ1n) is 21.7. The van der Waals surface area contributed by atoms with Gasteiger partial charge in [-0.3, -0.25) is 14.4 Å². The Balaban J connectivity index is 1.39. The van der Waals surface area contributed by atoms with Gasteiger partial charge in [-0.25, -0.2) is 9.98 Å². The van der Waals surface area contributed by atoms with Crippen LogP contribution in [0.15, 0.2) is 40.6 Å². The molecule has 0 saturated carbocycles. The highest BCUT2D eigenvalue weighted by Gasteiger charge is 2.53. The van der Waals surface area contributed by atoms with Gasteiger partial charge in [-0.05, 0) is 91.2 Å². The second-order valence-electron chi connectivity index (χ2n) is 18.0. The first-order chi connectivity index (χ1) is 29.3. The molecule has 1 unspecified atom stereocenters. The number of Topliss-reactive ketones (excluding diaryl/α,β-unsaturated/α-hetero) is 1. The lowest BCUT2D eigenvalue weighted by Gasteiger charge is -2.47. The van der Waals surface area contributed by atoms with Crippen molar-refractivity contribution in [2.45, 2.75) is 135 Å². The molecule has 0 aliphatic carbocycles. The summed E-state index contributed by atoms with van der Waals surface area (Å²) in [4.78, 5) is 62.8. The minimum atomic E-state index is -1.85. The number of hydrogen-bond acceptors (Lipinski definition) is 15. The van der Waals surface area contributed by atoms with Gasteiger partial charge in [-0.2, -0.15) is 0 Å². The summed E-state index contributed by atoms with van der Waals surface area (Å²) in [7, 11) is 3.73. The predicted molar refractivity (Wildman–Crippen MR) is 229 cm³/mol. The molecule has 3 saturated heterocycles. The molecule has 342 valence electrons. The molecule has 14 atom stereocenters. The van der Waals surface area contributed by atoms with Crippen LogP contribution in [-0.4, -0.2) is 155 Å². The number of aliphatic imine (C=N–C) groups is 1. The number of carbonyl (C=O) groups excluding carboxylic acids is 3. The van der Waals surface area contributed by atoms with E-state index in [0.717, 1.165) is 16.7 Å². The number of rotatable bonds is 9. The predicted octanol–water partition coefficient (Wildman–Crippen LogP) is 3.89. The van der Waals surface area contributed by atoms with Crippen LogP contribution in [0.2, 0.25) is 0 Å². The van der Waals surface area contributed by atoms with Crippen molar-refractivity contribution in [2.24, 2.45) is 33.8 Å². The van der Waals surface area contributed by atoms with E-state index >= 15 is 0 Å². The Kier molecular flexibility index (Phi) is 15.2. The van der Waals surface area contributed by atoms with Crippen LogP contribution in [0.5, 0.6) is 0 Å². The van der Waals surface area contributed by atoms with Crippen LogP contribution < -0.4 is 0 Å². The number of aliphatic hydroxyl groups excluding tert-OH is 1. The standard InChI is InChI=1S/C45H65N5O12/c1-11-34-45(8,55)39-26(4)35-24(2)20-44(7,38(27(5)36(51)28(6)42(54)60-34)61-43-37(52)32(50(9)10)19-25(3)59-43)58-22-31(21-57-39)49-62-33(41(53)48-35)23-56-18-12-13-30-15-14-29-16-17-46-40(29)47-30/h12-17,24-28,32-34,37-39,43,52,55H,11,18-23H2,1-10H3,(H,46,47)/b13-12+,48-35?,49-31-/t24-,25-,26+,27+,28-,32+,33?,34-,37-,38-,39-,43+,44-,45-/m1/s1. The van der Waals surface area contributed by atoms with Gasteiger partial charge in [0.25, 0.3) is 5.91 Å². The van der Waals surface area contributed by atoms with Crippen LogP contribution in [0.4, 0.5) is 0 Å². The van der Waals surface area contributed by atoms with Crippen LogP contribution in [0.25, 0.3) is 17.1 Å². The minimum absolute atomic E-state index is 0.133. The topological polar surface area (TPSA) is 213 Å². The van der Waals surface area contributed by atoms with Crippen molar-refractivity contribution in [1.29, 1.82) is 0 Å². The lowest BCUT2D eigenvalue weighted by Crippen LogP contribution is -2.60. The summed E-state index contributed by atoms with van der Waals surface area (Å²) in [5.74, 6) is -5.60. The van der Waals surface area contributed by atoms with Crippen molar-refractivity contribution in [1.82, 2.24) is 14.9 Å². The molecule has 17 nitrogen and oxygen atoms in total. The number of esters is 1. The Hall–Kier alpha value is -3.94. The van der Waals surface area contributed by atoms with Gasteiger partial charge in [-0.1, -0.05) is 38.9 Å². The van der Waals surface area contributed by atoms with Gasteiger partial charge in [0.2, 0.25) is 6.10 Å². The number of carbonyl (C=O) groups is 3. The van der Waals surface area contributed by atoms with Crippen molar-refractivity contribution in [3.8, 4) is 0 Å². The number of H-pyrrole nitrogens is 1. The molecule has 3 fully saturated rings. The number of amides is 1. The lowest BCUT2D eigenvalue weighted by molar-refractivity contribution is -0.296. The zero-order chi connectivity index (χ0) is 45.1. The summed E-state index contributed by atoms with van der Waals surface area (Å²) in [6, 6.07) is 5.47. The molecule has 4 aliphatic heterocycles. The lowest BCUT2D eigenvalue weighted by atomic mass is 9.73. The van der Waals surface area contributed by atoms with E-state index in [1.165, 1.54) is 13.8 Å². The van der Waals surface area contributed by atoms with Gasteiger partial charge in [0.05, 0.1) is 56.0 Å². The fourth-order valence-electron chi connectivity index (χ4n) is 9.36. The van der Waals surface area contributed by atoms with E-state index in [-0.39, 0.29) is 57.1 Å². The van der Waals surface area contributed by atoms with E-state index < -0.39 is 89.3 Å². The maximum Gasteiger partial charge on any atom is 0.316 e. The molecule has 2 aromatic heterocycles. The molecule has 2 aromatic rings. The minimum Gasteiger partial charge on any atom is -0.459 e. The van der Waals surface area contributed by atoms with Crippen LogP contribution in [-0.2, 0) is 47.6 Å². The summed E-state index contributed by atoms with van der Waals surface area (Å²) in [5.41, 5.74) is -1.18. The van der Waals surface area contributed by atoms with Crippen molar-refractivity contribution in [3.05, 3.63) is 36.2 Å². The largest absolute Gasteiger partial charge is 0.459 e. The number of likely N-dealkylation sites (N-methyl/N-ethyl adjacent to an activating group) is 1. The smallest absolute Gasteiger partial charge is 0.316 e. The molecule has 6 rings (SSSR count). The van der Waals surface area contributed by atoms with Crippen LogP contribution in [0, 0.1) is 23.7 Å². The zero-order valence-corrected chi connectivity index (χ0v) is 37.6. The van der Waals surface area contributed by atoms with Gasteiger partial charge >= 0.3 is 5.97 Å². The molecule has 0 spiro atoms. The van der Waals surface area contributed by atoms with Crippen molar-refractivity contribution in [2.75, 3.05) is 40.5 Å². The van der Waals surface area contributed by atoms with E-state index in [1.54, 1.807) is 33.8 Å². The number of ketones is 1. The molecule has 1 amide bonds. The molecule has 4 bridgehead atoms. The second kappa shape index (κ2) is 19.8. The van der Waals surface area contributed by atoms with Crippen LogP contribution >= 0.6 is 0 Å². The van der Waals surface area contributed by atoms with Gasteiger partial charge in [0.15, 0.2) is 12.1 Å². The Morgan fingerprint density at radius 2 is 1.81 bits per heavy atom. The van der Waals surface area contributed by atoms with E-state index in [0.29, 0.717) is 12.1 Å². The molecule has 62 heavy (non-hydrogen) atoms. The molecule has 17 heteroatoms. The Labute approximate surface area is 363 Å². The fourth-order valence-corrected chi connectivity index (χ4v) is 9.36. The van der Waals surface area contributed by atoms with Crippen LogP contribution in [0.3, 0.4) is 0 Å². The summed E-state index contributed by atoms with van der Waals surface area (Å²) >= 11 is 0. The maximum atomic E-state index is 14.5. The zero-order valence-electron chi connectivity index (χ0n) is 37.6. The molecule has 0 radical (unpaired) electrons. The summed E-state index contributed by atoms with van der Waals surface area (Å²) in [5, 5.41) is 29.4. The molecule has 4 aliphatic rings. The number of fused-ring (bicyclic) bond motifs is 5. The number of pyridine rings is 1. The third-order valence-corrected chi connectivity index (χ3v) is 12.9. The first-order valence-corrected chi connectivity index (χ1v) is 21.7. The number of aromatic amines is 1. The molecule has 6 heterocycles. The van der Waals surface area contributed by atoms with E-state index in [1.807, 2.05) is 63.3 Å². The van der Waals surface area contributed by atoms with Crippen molar-refractivity contribution < 1.29 is 57.9 Å². The number of nitrogens with zero attached hydrogens (tertiary/aromatic N) is 4. The molecule has 3 N–H and O–H groups in total. The van der Waals surface area contributed by atoms with E-state index in [4.69, 9.17) is 38.3 Å². The van der Waals surface area contributed by atoms with Crippen molar-refractivity contribution in [3.63, 3.8) is 0 Å². The quantitative estimate of drug-likeness (QED) is 0.186. The van der Waals surface area contributed by atoms with Crippen molar-refractivity contribution >= 4 is 46.2 Å². The Morgan fingerprint density at radius 1 is 1.05 bits per heavy atom.